The minimum Gasteiger partial charge on any atom is -0.306 e. The van der Waals surface area contributed by atoms with Crippen molar-refractivity contribution in [3.8, 4) is 0 Å². The number of rotatable bonds is 4. The maximum absolute atomic E-state index is 3.66. The lowest BCUT2D eigenvalue weighted by Crippen LogP contribution is -2.20. The molecular formula is C19H25N. The first-order valence-electron chi connectivity index (χ1n) is 7.34. The van der Waals surface area contributed by atoms with Gasteiger partial charge in [-0.15, -0.1) is 0 Å². The third-order valence-electron chi connectivity index (χ3n) is 4.12. The van der Waals surface area contributed by atoms with E-state index in [1.807, 2.05) is 0 Å². The van der Waals surface area contributed by atoms with E-state index in [1.165, 1.54) is 33.4 Å². The molecule has 1 N–H and O–H groups in total. The highest BCUT2D eigenvalue weighted by molar-refractivity contribution is 5.35. The third-order valence-corrected chi connectivity index (χ3v) is 4.12. The lowest BCUT2D eigenvalue weighted by atomic mass is 9.99. The molecule has 0 saturated heterocycles. The highest BCUT2D eigenvalue weighted by atomic mass is 14.9. The molecule has 0 amide bonds. The Kier molecular flexibility index (Phi) is 4.61. The first-order chi connectivity index (χ1) is 9.49. The Hall–Kier alpha value is -1.60. The maximum atomic E-state index is 3.66. The second-order valence-electron chi connectivity index (χ2n) is 5.83. The van der Waals surface area contributed by atoms with Gasteiger partial charge in [0, 0.05) is 12.6 Å². The van der Waals surface area contributed by atoms with Crippen LogP contribution in [0.2, 0.25) is 0 Å². The smallest absolute Gasteiger partial charge is 0.0297 e. The van der Waals surface area contributed by atoms with Crippen LogP contribution >= 0.6 is 0 Å². The zero-order valence-electron chi connectivity index (χ0n) is 13.2. The van der Waals surface area contributed by atoms with Crippen molar-refractivity contribution < 1.29 is 0 Å². The number of hydrogen-bond acceptors (Lipinski definition) is 1. The van der Waals surface area contributed by atoms with Gasteiger partial charge in [-0.3, -0.25) is 0 Å². The van der Waals surface area contributed by atoms with Gasteiger partial charge >= 0.3 is 0 Å². The SMILES string of the molecule is Cc1ccc(C(C)NCc2c(C)cccc2C)c(C)c1. The monoisotopic (exact) mass is 267 g/mol. The van der Waals surface area contributed by atoms with Gasteiger partial charge in [0.2, 0.25) is 0 Å². The highest BCUT2D eigenvalue weighted by Crippen LogP contribution is 2.20. The number of nitrogens with one attached hydrogen (secondary N) is 1. The minimum atomic E-state index is 0.370. The Balaban J connectivity index is 2.11. The van der Waals surface area contributed by atoms with Gasteiger partial charge in [0.1, 0.15) is 0 Å². The van der Waals surface area contributed by atoms with Crippen molar-refractivity contribution in [3.63, 3.8) is 0 Å². The van der Waals surface area contributed by atoms with Crippen molar-refractivity contribution in [2.24, 2.45) is 0 Å². The van der Waals surface area contributed by atoms with Crippen LogP contribution in [0, 0.1) is 27.7 Å². The van der Waals surface area contributed by atoms with Gasteiger partial charge in [0.05, 0.1) is 0 Å². The Morgan fingerprint density at radius 1 is 0.900 bits per heavy atom. The second kappa shape index (κ2) is 6.23. The number of benzene rings is 2. The van der Waals surface area contributed by atoms with Crippen LogP contribution in [-0.4, -0.2) is 0 Å². The van der Waals surface area contributed by atoms with Gasteiger partial charge in [0.25, 0.3) is 0 Å². The predicted octanol–water partition coefficient (Wildman–Crippen LogP) is 4.77. The fourth-order valence-corrected chi connectivity index (χ4v) is 2.80. The lowest BCUT2D eigenvalue weighted by molar-refractivity contribution is 0.569. The fraction of sp³-hybridized carbons (Fsp3) is 0.368. The van der Waals surface area contributed by atoms with Crippen molar-refractivity contribution >= 4 is 0 Å². The first kappa shape index (κ1) is 14.8. The van der Waals surface area contributed by atoms with E-state index >= 15 is 0 Å². The van der Waals surface area contributed by atoms with E-state index in [2.05, 4.69) is 76.3 Å². The maximum Gasteiger partial charge on any atom is 0.0297 e. The summed E-state index contributed by atoms with van der Waals surface area (Å²) in [7, 11) is 0. The van der Waals surface area contributed by atoms with E-state index in [1.54, 1.807) is 0 Å². The van der Waals surface area contributed by atoms with Crippen LogP contribution in [0.15, 0.2) is 36.4 Å². The molecule has 0 bridgehead atoms. The Morgan fingerprint density at radius 3 is 2.15 bits per heavy atom. The van der Waals surface area contributed by atoms with Crippen molar-refractivity contribution in [1.29, 1.82) is 0 Å². The topological polar surface area (TPSA) is 12.0 Å². The molecule has 1 heteroatoms. The summed E-state index contributed by atoms with van der Waals surface area (Å²) in [4.78, 5) is 0. The van der Waals surface area contributed by atoms with Crippen molar-refractivity contribution in [2.75, 3.05) is 0 Å². The Morgan fingerprint density at radius 2 is 1.55 bits per heavy atom. The van der Waals surface area contributed by atoms with Crippen LogP contribution in [0.3, 0.4) is 0 Å². The minimum absolute atomic E-state index is 0.370. The quantitative estimate of drug-likeness (QED) is 0.841. The molecular weight excluding hydrogens is 242 g/mol. The zero-order valence-corrected chi connectivity index (χ0v) is 13.2. The summed E-state index contributed by atoms with van der Waals surface area (Å²) < 4.78 is 0. The summed E-state index contributed by atoms with van der Waals surface area (Å²) in [6.07, 6.45) is 0. The molecule has 1 unspecified atom stereocenters. The molecule has 0 fully saturated rings. The molecule has 2 aromatic carbocycles. The third kappa shape index (κ3) is 3.29. The molecule has 0 aromatic heterocycles. The molecule has 0 saturated carbocycles. The van der Waals surface area contributed by atoms with Gasteiger partial charge in [-0.05, 0) is 62.4 Å². The zero-order chi connectivity index (χ0) is 14.7. The fourth-order valence-electron chi connectivity index (χ4n) is 2.80. The average Bonchev–Trinajstić information content (AvgIpc) is 2.37. The summed E-state index contributed by atoms with van der Waals surface area (Å²) in [5.74, 6) is 0. The van der Waals surface area contributed by atoms with E-state index in [0.717, 1.165) is 6.54 Å². The standard InChI is InChI=1S/C19H25N/c1-13-9-10-18(16(4)11-13)17(5)20-12-19-14(2)7-6-8-15(19)3/h6-11,17,20H,12H2,1-5H3. The van der Waals surface area contributed by atoms with E-state index < -0.39 is 0 Å². The molecule has 20 heavy (non-hydrogen) atoms. The van der Waals surface area contributed by atoms with Crippen LogP contribution < -0.4 is 5.32 Å². The Bertz CT molecular complexity index is 578. The molecule has 0 aliphatic rings. The van der Waals surface area contributed by atoms with Crippen LogP contribution in [0.4, 0.5) is 0 Å². The number of hydrogen-bond donors (Lipinski definition) is 1. The van der Waals surface area contributed by atoms with E-state index in [4.69, 9.17) is 0 Å². The number of aryl methyl sites for hydroxylation is 4. The van der Waals surface area contributed by atoms with Crippen LogP contribution in [-0.2, 0) is 6.54 Å². The molecule has 2 rings (SSSR count). The van der Waals surface area contributed by atoms with Gasteiger partial charge in [-0.25, -0.2) is 0 Å². The molecule has 1 nitrogen and oxygen atoms in total. The van der Waals surface area contributed by atoms with Crippen LogP contribution in [0.25, 0.3) is 0 Å². The van der Waals surface area contributed by atoms with Crippen molar-refractivity contribution in [2.45, 2.75) is 47.2 Å². The van der Waals surface area contributed by atoms with Gasteiger partial charge < -0.3 is 5.32 Å². The first-order valence-corrected chi connectivity index (χ1v) is 7.34. The van der Waals surface area contributed by atoms with Crippen molar-refractivity contribution in [1.82, 2.24) is 5.32 Å². The van der Waals surface area contributed by atoms with Gasteiger partial charge in [-0.2, -0.15) is 0 Å². The summed E-state index contributed by atoms with van der Waals surface area (Å²) in [6, 6.07) is 13.6. The van der Waals surface area contributed by atoms with E-state index in [0.29, 0.717) is 6.04 Å². The normalized spacial score (nSPS) is 12.4. The van der Waals surface area contributed by atoms with Crippen molar-refractivity contribution in [3.05, 3.63) is 69.8 Å². The molecule has 0 spiro atoms. The van der Waals surface area contributed by atoms with E-state index in [-0.39, 0.29) is 0 Å². The highest BCUT2D eigenvalue weighted by Gasteiger charge is 2.09. The summed E-state index contributed by atoms with van der Waals surface area (Å²) in [5.41, 5.74) is 8.24. The molecule has 106 valence electrons. The molecule has 0 heterocycles. The summed E-state index contributed by atoms with van der Waals surface area (Å²) in [6.45, 7) is 11.9. The largest absolute Gasteiger partial charge is 0.306 e. The van der Waals surface area contributed by atoms with Gasteiger partial charge in [-0.1, -0.05) is 42.0 Å². The molecule has 0 radical (unpaired) electrons. The summed E-state index contributed by atoms with van der Waals surface area (Å²) in [5, 5.41) is 3.66. The van der Waals surface area contributed by atoms with Crippen LogP contribution in [0.1, 0.15) is 46.3 Å². The average molecular weight is 267 g/mol. The lowest BCUT2D eigenvalue weighted by Gasteiger charge is -2.19. The molecule has 0 aliphatic heterocycles. The second-order valence-corrected chi connectivity index (χ2v) is 5.83. The Labute approximate surface area is 123 Å². The van der Waals surface area contributed by atoms with Crippen LogP contribution in [0.5, 0.6) is 0 Å². The predicted molar refractivity (Wildman–Crippen MR) is 87.1 cm³/mol. The van der Waals surface area contributed by atoms with E-state index in [9.17, 15) is 0 Å². The van der Waals surface area contributed by atoms with Gasteiger partial charge in [0.15, 0.2) is 0 Å². The summed E-state index contributed by atoms with van der Waals surface area (Å²) >= 11 is 0. The molecule has 1 atom stereocenters. The molecule has 2 aromatic rings. The molecule has 0 aliphatic carbocycles.